The molecule has 0 aliphatic heterocycles. The maximum absolute atomic E-state index is 15.0. The van der Waals surface area contributed by atoms with E-state index in [1.54, 1.807) is 30.3 Å². The number of nitrogens with one attached hydrogen (secondary N) is 1. The highest BCUT2D eigenvalue weighted by molar-refractivity contribution is 7.92. The summed E-state index contributed by atoms with van der Waals surface area (Å²) in [4.78, 5) is 28.8. The number of hydrogen-bond acceptors (Lipinski definition) is 7. The third kappa shape index (κ3) is 8.13. The number of carbonyl (C=O) groups excluding carboxylic acids is 2. The number of hydrogen-bond donors (Lipinski definition) is 1. The van der Waals surface area contributed by atoms with Crippen LogP contribution in [0.4, 0.5) is 10.1 Å². The zero-order valence-electron chi connectivity index (χ0n) is 26.3. The van der Waals surface area contributed by atoms with Crippen LogP contribution in [0.2, 0.25) is 5.02 Å². The van der Waals surface area contributed by atoms with E-state index in [0.717, 1.165) is 9.87 Å². The van der Waals surface area contributed by atoms with E-state index >= 15 is 4.39 Å². The normalized spacial score (nSPS) is 11.7. The van der Waals surface area contributed by atoms with Crippen LogP contribution >= 0.6 is 11.6 Å². The summed E-state index contributed by atoms with van der Waals surface area (Å²) in [5.41, 5.74) is 0.838. The van der Waals surface area contributed by atoms with Gasteiger partial charge < -0.3 is 24.4 Å². The molecule has 47 heavy (non-hydrogen) atoms. The van der Waals surface area contributed by atoms with Crippen LogP contribution in [0.25, 0.3) is 0 Å². The average molecular weight is 684 g/mol. The van der Waals surface area contributed by atoms with Crippen molar-refractivity contribution >= 4 is 39.1 Å². The first kappa shape index (κ1) is 35.1. The zero-order valence-corrected chi connectivity index (χ0v) is 27.8. The van der Waals surface area contributed by atoms with Crippen LogP contribution in [0.1, 0.15) is 11.1 Å². The Balaban J connectivity index is 1.87. The summed E-state index contributed by atoms with van der Waals surface area (Å²) >= 11 is 6.32. The molecule has 10 nitrogen and oxygen atoms in total. The van der Waals surface area contributed by atoms with Crippen molar-refractivity contribution in [1.29, 1.82) is 0 Å². The number of benzene rings is 4. The summed E-state index contributed by atoms with van der Waals surface area (Å²) in [6.07, 6.45) is 0.0730. The molecule has 0 aromatic heterocycles. The van der Waals surface area contributed by atoms with Gasteiger partial charge in [-0.2, -0.15) is 0 Å². The molecule has 0 aliphatic carbocycles. The van der Waals surface area contributed by atoms with Crippen LogP contribution in [0, 0.1) is 5.82 Å². The third-order valence-corrected chi connectivity index (χ3v) is 9.44. The second kappa shape index (κ2) is 15.7. The number of sulfonamides is 1. The van der Waals surface area contributed by atoms with Gasteiger partial charge in [-0.25, -0.2) is 12.8 Å². The van der Waals surface area contributed by atoms with Crippen molar-refractivity contribution in [3.8, 4) is 17.2 Å². The number of halogens is 2. The first-order chi connectivity index (χ1) is 22.5. The molecule has 2 amide bonds. The summed E-state index contributed by atoms with van der Waals surface area (Å²) in [7, 11) is 1.01. The minimum absolute atomic E-state index is 0.0338. The summed E-state index contributed by atoms with van der Waals surface area (Å²) in [6, 6.07) is 22.1. The molecule has 1 atom stereocenters. The highest BCUT2D eigenvalue weighted by Crippen LogP contribution is 2.37. The summed E-state index contributed by atoms with van der Waals surface area (Å²) < 4.78 is 60.8. The minimum atomic E-state index is -4.54. The molecule has 4 aromatic carbocycles. The molecule has 0 bridgehead atoms. The zero-order chi connectivity index (χ0) is 34.1. The fourth-order valence-electron chi connectivity index (χ4n) is 5.01. The molecule has 13 heteroatoms. The van der Waals surface area contributed by atoms with Crippen molar-refractivity contribution in [3.05, 3.63) is 113 Å². The summed E-state index contributed by atoms with van der Waals surface area (Å²) in [5.74, 6) is -1.36. The van der Waals surface area contributed by atoms with E-state index in [2.05, 4.69) is 5.32 Å². The van der Waals surface area contributed by atoms with Crippen LogP contribution < -0.4 is 23.8 Å². The van der Waals surface area contributed by atoms with Crippen molar-refractivity contribution < 1.29 is 36.6 Å². The fourth-order valence-corrected chi connectivity index (χ4v) is 6.61. The van der Waals surface area contributed by atoms with E-state index in [-0.39, 0.29) is 45.6 Å². The van der Waals surface area contributed by atoms with Crippen molar-refractivity contribution in [2.75, 3.05) is 39.2 Å². The molecule has 0 aliphatic rings. The van der Waals surface area contributed by atoms with E-state index in [0.29, 0.717) is 5.75 Å². The first-order valence-corrected chi connectivity index (χ1v) is 16.2. The van der Waals surface area contributed by atoms with Gasteiger partial charge in [-0.3, -0.25) is 13.9 Å². The Bertz CT molecular complexity index is 1830. The van der Waals surface area contributed by atoms with Gasteiger partial charge in [-0.1, -0.05) is 60.1 Å². The molecule has 0 spiro atoms. The Morgan fingerprint density at radius 2 is 1.49 bits per heavy atom. The highest BCUT2D eigenvalue weighted by atomic mass is 35.5. The van der Waals surface area contributed by atoms with Crippen LogP contribution in [0.3, 0.4) is 0 Å². The number of carbonyl (C=O) groups is 2. The lowest BCUT2D eigenvalue weighted by molar-refractivity contribution is -0.139. The molecule has 0 unspecified atom stereocenters. The molecular weight excluding hydrogens is 649 g/mol. The summed E-state index contributed by atoms with van der Waals surface area (Å²) in [5, 5.41) is 2.77. The van der Waals surface area contributed by atoms with Gasteiger partial charge >= 0.3 is 0 Å². The monoisotopic (exact) mass is 683 g/mol. The van der Waals surface area contributed by atoms with Crippen molar-refractivity contribution in [3.63, 3.8) is 0 Å². The number of rotatable bonds is 14. The van der Waals surface area contributed by atoms with E-state index in [9.17, 15) is 18.0 Å². The number of nitrogens with zero attached hydrogens (tertiary/aromatic N) is 2. The van der Waals surface area contributed by atoms with Gasteiger partial charge in [0, 0.05) is 36.7 Å². The van der Waals surface area contributed by atoms with E-state index < -0.39 is 40.2 Å². The predicted molar refractivity (Wildman–Crippen MR) is 177 cm³/mol. The van der Waals surface area contributed by atoms with Gasteiger partial charge in [0.2, 0.25) is 11.8 Å². The van der Waals surface area contributed by atoms with Gasteiger partial charge in [0.15, 0.2) is 11.5 Å². The minimum Gasteiger partial charge on any atom is -0.495 e. The van der Waals surface area contributed by atoms with Crippen LogP contribution in [-0.2, 0) is 32.6 Å². The van der Waals surface area contributed by atoms with Crippen molar-refractivity contribution in [1.82, 2.24) is 10.2 Å². The largest absolute Gasteiger partial charge is 0.495 e. The first-order valence-electron chi connectivity index (χ1n) is 14.4. The number of anilines is 1. The van der Waals surface area contributed by atoms with Crippen molar-refractivity contribution in [2.24, 2.45) is 0 Å². The second-order valence-corrected chi connectivity index (χ2v) is 12.6. The van der Waals surface area contributed by atoms with E-state index in [4.69, 9.17) is 25.8 Å². The number of amides is 2. The standard InChI is InChI=1S/C34H35ClFN3O7S/c1-37-34(41)29(18-23-10-6-5-7-11-23)38(21-24-12-8-9-13-27(24)36)33(40)22-39(28-19-25(35)14-16-30(28)44-2)47(42,43)26-15-17-31(45-3)32(20-26)46-4/h5-17,19-20,29H,18,21-22H2,1-4H3,(H,37,41)/t29-/m0/s1. The molecule has 4 rings (SSSR count). The molecule has 0 heterocycles. The number of ether oxygens (including phenoxy) is 3. The average Bonchev–Trinajstić information content (AvgIpc) is 3.08. The molecule has 0 fully saturated rings. The smallest absolute Gasteiger partial charge is 0.265 e. The quantitative estimate of drug-likeness (QED) is 0.197. The molecule has 4 aromatic rings. The SMILES string of the molecule is CNC(=O)[C@H](Cc1ccccc1)N(Cc1ccccc1F)C(=O)CN(c1cc(Cl)ccc1OC)S(=O)(=O)c1ccc(OC)c(OC)c1. The molecular formula is C34H35ClFN3O7S. The Morgan fingerprint density at radius 3 is 2.13 bits per heavy atom. The molecule has 1 N–H and O–H groups in total. The lowest BCUT2D eigenvalue weighted by atomic mass is 10.0. The Hall–Kier alpha value is -4.81. The predicted octanol–water partition coefficient (Wildman–Crippen LogP) is 5.09. The Kier molecular flexibility index (Phi) is 11.7. The van der Waals surface area contributed by atoms with Gasteiger partial charge in [0.25, 0.3) is 10.0 Å². The van der Waals surface area contributed by atoms with Crippen LogP contribution in [-0.4, -0.2) is 66.1 Å². The lowest BCUT2D eigenvalue weighted by Gasteiger charge is -2.34. The molecule has 0 saturated carbocycles. The highest BCUT2D eigenvalue weighted by Gasteiger charge is 2.36. The maximum atomic E-state index is 15.0. The van der Waals surface area contributed by atoms with E-state index in [1.165, 1.54) is 87.9 Å². The maximum Gasteiger partial charge on any atom is 0.265 e. The van der Waals surface area contributed by atoms with Gasteiger partial charge in [-0.05, 0) is 42.0 Å². The third-order valence-electron chi connectivity index (χ3n) is 7.45. The molecule has 0 saturated heterocycles. The van der Waals surface area contributed by atoms with Gasteiger partial charge in [0.05, 0.1) is 31.9 Å². The fraction of sp³-hybridized carbons (Fsp3) is 0.235. The Labute approximate surface area is 278 Å². The molecule has 0 radical (unpaired) electrons. The van der Waals surface area contributed by atoms with Crippen molar-refractivity contribution in [2.45, 2.75) is 23.9 Å². The second-order valence-electron chi connectivity index (χ2n) is 10.3. The number of methoxy groups -OCH3 is 3. The van der Waals surface area contributed by atoms with E-state index in [1.807, 2.05) is 6.07 Å². The Morgan fingerprint density at radius 1 is 0.851 bits per heavy atom. The lowest BCUT2D eigenvalue weighted by Crippen LogP contribution is -2.53. The number of likely N-dealkylation sites (N-methyl/N-ethyl adjacent to an activating group) is 1. The summed E-state index contributed by atoms with van der Waals surface area (Å²) in [6.45, 7) is -1.13. The van der Waals surface area contributed by atoms with Gasteiger partial charge in [0.1, 0.15) is 24.2 Å². The molecule has 248 valence electrons. The van der Waals surface area contributed by atoms with Gasteiger partial charge in [-0.15, -0.1) is 0 Å². The van der Waals surface area contributed by atoms with Crippen LogP contribution in [0.15, 0.2) is 95.9 Å². The van der Waals surface area contributed by atoms with Crippen LogP contribution in [0.5, 0.6) is 17.2 Å². The topological polar surface area (TPSA) is 114 Å².